The van der Waals surface area contributed by atoms with Crippen LogP contribution in [-0.2, 0) is 16.0 Å². The quantitative estimate of drug-likeness (QED) is 0.208. The molecule has 4 aromatic rings. The van der Waals surface area contributed by atoms with E-state index >= 15 is 0 Å². The molecule has 4 rings (SSSR count). The van der Waals surface area contributed by atoms with E-state index in [0.29, 0.717) is 37.0 Å². The Hall–Kier alpha value is -3.16. The number of imidazole rings is 1. The minimum atomic E-state index is -0.348. The van der Waals surface area contributed by atoms with E-state index in [2.05, 4.69) is 58.6 Å². The number of carbonyl (C=O) groups is 1. The topological polar surface area (TPSA) is 62.6 Å². The molecule has 0 spiro atoms. The minimum absolute atomic E-state index is 0.326. The van der Waals surface area contributed by atoms with Gasteiger partial charge in [0.15, 0.2) is 0 Å². The molecule has 0 saturated carbocycles. The molecular weight excluding hydrogens is 520 g/mol. The van der Waals surface area contributed by atoms with Gasteiger partial charge in [-0.2, -0.15) is 0 Å². The molecule has 0 amide bonds. The van der Waals surface area contributed by atoms with Crippen LogP contribution in [0.5, 0.6) is 5.75 Å². The summed E-state index contributed by atoms with van der Waals surface area (Å²) in [4.78, 5) is 17.4. The van der Waals surface area contributed by atoms with Crippen LogP contribution in [0.2, 0.25) is 0 Å². The van der Waals surface area contributed by atoms with Gasteiger partial charge < -0.3 is 18.8 Å². The van der Waals surface area contributed by atoms with E-state index in [9.17, 15) is 4.79 Å². The fourth-order valence-electron chi connectivity index (χ4n) is 4.28. The summed E-state index contributed by atoms with van der Waals surface area (Å²) in [7, 11) is 3.35. The van der Waals surface area contributed by atoms with Gasteiger partial charge in [0.2, 0.25) is 0 Å². The average Bonchev–Trinajstić information content (AvgIpc) is 3.28. The summed E-state index contributed by atoms with van der Waals surface area (Å²) in [5.41, 5.74) is 6.20. The van der Waals surface area contributed by atoms with Crippen LogP contribution >= 0.6 is 15.9 Å². The number of esters is 1. The van der Waals surface area contributed by atoms with Crippen molar-refractivity contribution in [2.45, 2.75) is 33.2 Å². The van der Waals surface area contributed by atoms with Gasteiger partial charge in [-0.3, -0.25) is 0 Å². The zero-order chi connectivity index (χ0) is 25.8. The lowest BCUT2D eigenvalue weighted by atomic mass is 10.0. The van der Waals surface area contributed by atoms with E-state index in [1.807, 2.05) is 24.3 Å². The fraction of sp³-hybridized carbons (Fsp3) is 0.310. The number of hydrogen-bond acceptors (Lipinski definition) is 5. The summed E-state index contributed by atoms with van der Waals surface area (Å²) in [5.74, 6) is 1.64. The van der Waals surface area contributed by atoms with Crippen molar-refractivity contribution in [3.8, 4) is 28.3 Å². The van der Waals surface area contributed by atoms with Gasteiger partial charge in [0.1, 0.15) is 22.6 Å². The lowest BCUT2D eigenvalue weighted by molar-refractivity contribution is 0.0526. The molecule has 0 aliphatic carbocycles. The smallest absolute Gasteiger partial charge is 0.338 e. The summed E-state index contributed by atoms with van der Waals surface area (Å²) in [5, 5.41) is 0. The normalized spacial score (nSPS) is 11.3. The SMILES string of the molecule is CCOC(=O)c1cccc(-c2cc(OC)c3c(nc(-c4ccc(C(C)C)cc4)n3CCOC)c2Br)c1. The lowest BCUT2D eigenvalue weighted by Crippen LogP contribution is -2.07. The highest BCUT2D eigenvalue weighted by Gasteiger charge is 2.22. The molecule has 0 saturated heterocycles. The third-order valence-electron chi connectivity index (χ3n) is 6.18. The van der Waals surface area contributed by atoms with Gasteiger partial charge in [-0.25, -0.2) is 9.78 Å². The minimum Gasteiger partial charge on any atom is -0.494 e. The monoisotopic (exact) mass is 550 g/mol. The van der Waals surface area contributed by atoms with Crippen molar-refractivity contribution in [1.82, 2.24) is 9.55 Å². The first-order valence-corrected chi connectivity index (χ1v) is 12.8. The molecule has 0 N–H and O–H groups in total. The maximum atomic E-state index is 12.3. The Morgan fingerprint density at radius 1 is 1.06 bits per heavy atom. The van der Waals surface area contributed by atoms with Gasteiger partial charge in [-0.15, -0.1) is 0 Å². The highest BCUT2D eigenvalue weighted by Crippen LogP contribution is 2.42. The number of halogens is 1. The standard InChI is InChI=1S/C29H31BrN2O4/c1-6-36-29(33)22-9-7-8-21(16-22)23-17-24(35-5)27-26(25(23)30)31-28(32(27)14-15-34-4)20-12-10-19(11-13-20)18(2)3/h7-13,16-18H,6,14-15H2,1-5H3. The Morgan fingerprint density at radius 3 is 2.44 bits per heavy atom. The molecule has 0 aliphatic heterocycles. The number of carbonyl (C=O) groups excluding carboxylic acids is 1. The van der Waals surface area contributed by atoms with E-state index in [1.54, 1.807) is 27.2 Å². The molecule has 0 bridgehead atoms. The first kappa shape index (κ1) is 25.9. The van der Waals surface area contributed by atoms with E-state index in [4.69, 9.17) is 19.2 Å². The van der Waals surface area contributed by atoms with Crippen LogP contribution in [-0.4, -0.2) is 43.0 Å². The van der Waals surface area contributed by atoms with Crippen molar-refractivity contribution >= 4 is 32.9 Å². The van der Waals surface area contributed by atoms with Crippen LogP contribution in [0.1, 0.15) is 42.6 Å². The number of hydrogen-bond donors (Lipinski definition) is 0. The zero-order valence-electron chi connectivity index (χ0n) is 21.3. The molecule has 6 nitrogen and oxygen atoms in total. The maximum absolute atomic E-state index is 12.3. The molecule has 3 aromatic carbocycles. The maximum Gasteiger partial charge on any atom is 0.338 e. The number of aromatic nitrogens is 2. The lowest BCUT2D eigenvalue weighted by Gasteiger charge is -2.14. The summed E-state index contributed by atoms with van der Waals surface area (Å²) >= 11 is 3.81. The number of fused-ring (bicyclic) bond motifs is 1. The third kappa shape index (κ3) is 5.04. The van der Waals surface area contributed by atoms with Crippen LogP contribution in [0.4, 0.5) is 0 Å². The van der Waals surface area contributed by atoms with Crippen molar-refractivity contribution in [2.75, 3.05) is 27.4 Å². The van der Waals surface area contributed by atoms with Crippen LogP contribution < -0.4 is 4.74 Å². The fourth-order valence-corrected chi connectivity index (χ4v) is 4.90. The molecule has 1 heterocycles. The first-order valence-electron chi connectivity index (χ1n) is 12.0. The van der Waals surface area contributed by atoms with Crippen LogP contribution in [0.25, 0.3) is 33.5 Å². The van der Waals surface area contributed by atoms with E-state index in [-0.39, 0.29) is 5.97 Å². The first-order chi connectivity index (χ1) is 17.4. The molecule has 0 unspecified atom stereocenters. The molecule has 1 aromatic heterocycles. The predicted octanol–water partition coefficient (Wildman–Crippen LogP) is 7.09. The molecule has 0 atom stereocenters. The summed E-state index contributed by atoms with van der Waals surface area (Å²) in [6.45, 7) is 7.64. The molecule has 0 radical (unpaired) electrons. The van der Waals surface area contributed by atoms with Crippen molar-refractivity contribution in [2.24, 2.45) is 0 Å². The van der Waals surface area contributed by atoms with E-state index in [0.717, 1.165) is 38.0 Å². The van der Waals surface area contributed by atoms with Gasteiger partial charge in [-0.1, -0.05) is 50.2 Å². The molecule has 7 heteroatoms. The number of nitrogens with zero attached hydrogens (tertiary/aromatic N) is 2. The number of benzene rings is 3. The summed E-state index contributed by atoms with van der Waals surface area (Å²) in [6, 6.07) is 17.9. The molecule has 0 aliphatic rings. The number of rotatable bonds is 9. The van der Waals surface area contributed by atoms with Gasteiger partial charge >= 0.3 is 5.97 Å². The van der Waals surface area contributed by atoms with Crippen LogP contribution in [0.15, 0.2) is 59.1 Å². The molecule has 188 valence electrons. The largest absolute Gasteiger partial charge is 0.494 e. The van der Waals surface area contributed by atoms with Gasteiger partial charge in [0, 0.05) is 24.8 Å². The van der Waals surface area contributed by atoms with Crippen molar-refractivity contribution in [1.29, 1.82) is 0 Å². The highest BCUT2D eigenvalue weighted by atomic mass is 79.9. The second-order valence-corrected chi connectivity index (χ2v) is 9.59. The second kappa shape index (κ2) is 11.3. The highest BCUT2D eigenvalue weighted by molar-refractivity contribution is 9.10. The molecule has 0 fully saturated rings. The van der Waals surface area contributed by atoms with Crippen molar-refractivity contribution in [3.05, 3.63) is 70.2 Å². The summed E-state index contributed by atoms with van der Waals surface area (Å²) in [6.07, 6.45) is 0. The average molecular weight is 551 g/mol. The van der Waals surface area contributed by atoms with E-state index < -0.39 is 0 Å². The van der Waals surface area contributed by atoms with E-state index in [1.165, 1.54) is 5.56 Å². The third-order valence-corrected chi connectivity index (χ3v) is 6.98. The molecule has 36 heavy (non-hydrogen) atoms. The van der Waals surface area contributed by atoms with Crippen molar-refractivity contribution in [3.63, 3.8) is 0 Å². The number of methoxy groups -OCH3 is 2. The second-order valence-electron chi connectivity index (χ2n) is 8.80. The van der Waals surface area contributed by atoms with Crippen LogP contribution in [0.3, 0.4) is 0 Å². The zero-order valence-corrected chi connectivity index (χ0v) is 22.9. The van der Waals surface area contributed by atoms with Gasteiger partial charge in [0.05, 0.1) is 30.4 Å². The van der Waals surface area contributed by atoms with Gasteiger partial charge in [-0.05, 0) is 58.1 Å². The Morgan fingerprint density at radius 2 is 1.81 bits per heavy atom. The number of ether oxygens (including phenoxy) is 3. The Bertz CT molecular complexity index is 1380. The predicted molar refractivity (Wildman–Crippen MR) is 147 cm³/mol. The Balaban J connectivity index is 1.92. The van der Waals surface area contributed by atoms with Gasteiger partial charge in [0.25, 0.3) is 0 Å². The molecular formula is C29H31BrN2O4. The summed E-state index contributed by atoms with van der Waals surface area (Å²) < 4.78 is 19.4. The Kier molecular flexibility index (Phi) is 8.11. The van der Waals surface area contributed by atoms with Crippen LogP contribution in [0, 0.1) is 0 Å². The Labute approximate surface area is 220 Å². The van der Waals surface area contributed by atoms with Crippen molar-refractivity contribution < 1.29 is 19.0 Å².